The van der Waals surface area contributed by atoms with Gasteiger partial charge in [0.1, 0.15) is 0 Å². The van der Waals surface area contributed by atoms with E-state index in [1.54, 1.807) is 13.8 Å². The van der Waals surface area contributed by atoms with Crippen LogP contribution in [-0.2, 0) is 25.5 Å². The van der Waals surface area contributed by atoms with E-state index in [0.717, 1.165) is 16.7 Å². The summed E-state index contributed by atoms with van der Waals surface area (Å²) in [5, 5.41) is 0. The van der Waals surface area contributed by atoms with Crippen LogP contribution in [0.15, 0.2) is 36.4 Å². The summed E-state index contributed by atoms with van der Waals surface area (Å²) >= 11 is 0. The van der Waals surface area contributed by atoms with Gasteiger partial charge < -0.3 is 9.47 Å². The molecule has 0 aromatic heterocycles. The van der Waals surface area contributed by atoms with E-state index < -0.39 is 29.1 Å². The number of rotatable bonds is 1. The van der Waals surface area contributed by atoms with Gasteiger partial charge in [-0.25, -0.2) is 0 Å². The van der Waals surface area contributed by atoms with Crippen LogP contribution >= 0.6 is 0 Å². The van der Waals surface area contributed by atoms with Crippen LogP contribution in [0.25, 0.3) is 0 Å². The first-order valence-corrected chi connectivity index (χ1v) is 6.98. The first-order valence-electron chi connectivity index (χ1n) is 6.98. The molecule has 4 nitrogen and oxygen atoms in total. The summed E-state index contributed by atoms with van der Waals surface area (Å²) < 4.78 is 10.7. The summed E-state index contributed by atoms with van der Waals surface area (Å²) in [6, 6.07) is 7.66. The Morgan fingerprint density at radius 1 is 1.19 bits per heavy atom. The molecule has 1 aliphatic heterocycles. The van der Waals surface area contributed by atoms with Crippen LogP contribution in [0.1, 0.15) is 37.8 Å². The maximum Gasteiger partial charge on any atom is 0.328 e. The number of ether oxygens (including phenoxy) is 2. The Morgan fingerprint density at radius 2 is 1.76 bits per heavy atom. The van der Waals surface area contributed by atoms with Crippen molar-refractivity contribution < 1.29 is 19.1 Å². The predicted octanol–water partition coefficient (Wildman–Crippen LogP) is 2.72. The lowest BCUT2D eigenvalue weighted by Crippen LogP contribution is -2.56. The Bertz CT molecular complexity index is 637. The number of cyclic esters (lactones) is 2. The summed E-state index contributed by atoms with van der Waals surface area (Å²) in [6.45, 7) is 8.93. The second-order valence-electron chi connectivity index (χ2n) is 6.31. The van der Waals surface area contributed by atoms with Crippen molar-refractivity contribution in [2.24, 2.45) is 5.41 Å². The number of carbonyl (C=O) groups excluding carboxylic acids is 2. The van der Waals surface area contributed by atoms with Gasteiger partial charge in [0, 0.05) is 26.2 Å². The third-order valence-electron chi connectivity index (χ3n) is 4.23. The number of esters is 2. The zero-order chi connectivity index (χ0) is 15.4. The first-order chi connectivity index (χ1) is 9.78. The van der Waals surface area contributed by atoms with Gasteiger partial charge in [-0.05, 0) is 18.1 Å². The van der Waals surface area contributed by atoms with Crippen LogP contribution in [0.5, 0.6) is 0 Å². The van der Waals surface area contributed by atoms with E-state index >= 15 is 0 Å². The van der Waals surface area contributed by atoms with Crippen molar-refractivity contribution in [2.75, 3.05) is 0 Å². The van der Waals surface area contributed by atoms with E-state index in [2.05, 4.69) is 6.58 Å². The van der Waals surface area contributed by atoms with Crippen LogP contribution in [-0.4, -0.2) is 17.7 Å². The molecule has 0 bridgehead atoms. The molecule has 1 unspecified atom stereocenters. The largest absolute Gasteiger partial charge is 0.422 e. The summed E-state index contributed by atoms with van der Waals surface area (Å²) in [5.74, 6) is -2.65. The van der Waals surface area contributed by atoms with Gasteiger partial charge in [-0.15, -0.1) is 0 Å². The number of hydrogen-bond donors (Lipinski definition) is 0. The maximum absolute atomic E-state index is 12.7. The molecule has 1 atom stereocenters. The standard InChI is InChI=1S/C17H18O4/c1-10(2)13-12-8-6-5-7-11(12)9-17(13)14(18)20-16(3,4)21-15(17)19/h5-8,13H,1,9H2,2-4H3. The molecule has 1 aromatic rings. The lowest BCUT2D eigenvalue weighted by atomic mass is 9.72. The summed E-state index contributed by atoms with van der Waals surface area (Å²) in [5.41, 5.74) is 1.36. The fourth-order valence-corrected chi connectivity index (χ4v) is 3.44. The van der Waals surface area contributed by atoms with Crippen LogP contribution in [0.3, 0.4) is 0 Å². The van der Waals surface area contributed by atoms with Gasteiger partial charge in [0.25, 0.3) is 5.79 Å². The smallest absolute Gasteiger partial charge is 0.328 e. The van der Waals surface area contributed by atoms with Crippen molar-refractivity contribution in [3.05, 3.63) is 47.5 Å². The number of hydrogen-bond acceptors (Lipinski definition) is 4. The van der Waals surface area contributed by atoms with Gasteiger partial charge in [0.05, 0.1) is 0 Å². The van der Waals surface area contributed by atoms with E-state index in [9.17, 15) is 9.59 Å². The molecule has 0 radical (unpaired) electrons. The number of benzene rings is 1. The zero-order valence-electron chi connectivity index (χ0n) is 12.4. The highest BCUT2D eigenvalue weighted by molar-refractivity contribution is 6.04. The number of carbonyl (C=O) groups is 2. The molecule has 1 aliphatic carbocycles. The molecule has 1 aromatic carbocycles. The fourth-order valence-electron chi connectivity index (χ4n) is 3.44. The van der Waals surface area contributed by atoms with Crippen molar-refractivity contribution in [3.63, 3.8) is 0 Å². The molecule has 1 spiro atoms. The van der Waals surface area contributed by atoms with Gasteiger partial charge >= 0.3 is 11.9 Å². The average molecular weight is 286 g/mol. The molecule has 1 saturated heterocycles. The van der Waals surface area contributed by atoms with E-state index in [1.165, 1.54) is 0 Å². The van der Waals surface area contributed by atoms with Gasteiger partial charge in [-0.1, -0.05) is 36.4 Å². The molecule has 110 valence electrons. The van der Waals surface area contributed by atoms with Crippen molar-refractivity contribution in [1.82, 2.24) is 0 Å². The Kier molecular flexibility index (Phi) is 2.77. The Morgan fingerprint density at radius 3 is 2.33 bits per heavy atom. The first kappa shape index (κ1) is 13.9. The molecule has 1 fully saturated rings. The third kappa shape index (κ3) is 1.82. The highest BCUT2D eigenvalue weighted by Gasteiger charge is 2.64. The van der Waals surface area contributed by atoms with E-state index in [4.69, 9.17) is 9.47 Å². The van der Waals surface area contributed by atoms with E-state index in [0.29, 0.717) is 6.42 Å². The van der Waals surface area contributed by atoms with Crippen molar-refractivity contribution in [3.8, 4) is 0 Å². The van der Waals surface area contributed by atoms with Crippen LogP contribution < -0.4 is 0 Å². The van der Waals surface area contributed by atoms with Crippen molar-refractivity contribution in [1.29, 1.82) is 0 Å². The molecular weight excluding hydrogens is 268 g/mol. The lowest BCUT2D eigenvalue weighted by molar-refractivity contribution is -0.251. The molecule has 0 N–H and O–H groups in total. The minimum atomic E-state index is -1.33. The second kappa shape index (κ2) is 4.20. The van der Waals surface area contributed by atoms with Gasteiger partial charge in [0.15, 0.2) is 5.41 Å². The highest BCUT2D eigenvalue weighted by Crippen LogP contribution is 2.54. The van der Waals surface area contributed by atoms with E-state index in [1.807, 2.05) is 31.2 Å². The Labute approximate surface area is 123 Å². The molecule has 2 aliphatic rings. The van der Waals surface area contributed by atoms with Crippen LogP contribution in [0.2, 0.25) is 0 Å². The van der Waals surface area contributed by atoms with Crippen LogP contribution in [0, 0.1) is 5.41 Å². The van der Waals surface area contributed by atoms with Gasteiger partial charge in [-0.3, -0.25) is 9.59 Å². The van der Waals surface area contributed by atoms with Gasteiger partial charge in [-0.2, -0.15) is 0 Å². The molecular formula is C17H18O4. The second-order valence-corrected chi connectivity index (χ2v) is 6.31. The van der Waals surface area contributed by atoms with Crippen molar-refractivity contribution >= 4 is 11.9 Å². The minimum absolute atomic E-state index is 0.300. The number of allylic oxidation sites excluding steroid dienone is 1. The topological polar surface area (TPSA) is 52.6 Å². The van der Waals surface area contributed by atoms with Gasteiger partial charge in [0.2, 0.25) is 0 Å². The highest BCUT2D eigenvalue weighted by atomic mass is 16.7. The molecule has 3 rings (SSSR count). The SMILES string of the molecule is C=C(C)C1c2ccccc2CC12C(=O)OC(C)(C)OC2=O. The monoisotopic (exact) mass is 286 g/mol. The summed E-state index contributed by atoms with van der Waals surface area (Å²) in [7, 11) is 0. The molecule has 1 heterocycles. The Hall–Kier alpha value is -2.10. The molecule has 21 heavy (non-hydrogen) atoms. The number of fused-ring (bicyclic) bond motifs is 1. The third-order valence-corrected chi connectivity index (χ3v) is 4.23. The molecule has 0 saturated carbocycles. The van der Waals surface area contributed by atoms with E-state index in [-0.39, 0.29) is 0 Å². The molecule has 0 amide bonds. The lowest BCUT2D eigenvalue weighted by Gasteiger charge is -2.41. The summed E-state index contributed by atoms with van der Waals surface area (Å²) in [4.78, 5) is 25.3. The predicted molar refractivity (Wildman–Crippen MR) is 76.4 cm³/mol. The quantitative estimate of drug-likeness (QED) is 0.452. The maximum atomic E-state index is 12.7. The fraction of sp³-hybridized carbons (Fsp3) is 0.412. The van der Waals surface area contributed by atoms with Crippen LogP contribution in [0.4, 0.5) is 0 Å². The molecule has 4 heteroatoms. The Balaban J connectivity index is 2.16. The normalized spacial score (nSPS) is 25.2. The zero-order valence-corrected chi connectivity index (χ0v) is 12.4. The minimum Gasteiger partial charge on any atom is -0.422 e. The van der Waals surface area contributed by atoms with Crippen molar-refractivity contribution in [2.45, 2.75) is 38.9 Å². The summed E-state index contributed by atoms with van der Waals surface area (Å²) in [6.07, 6.45) is 0.300. The average Bonchev–Trinajstić information content (AvgIpc) is 2.71.